The van der Waals surface area contributed by atoms with Gasteiger partial charge in [-0.25, -0.2) is 4.79 Å². The highest BCUT2D eigenvalue weighted by Gasteiger charge is 2.30. The van der Waals surface area contributed by atoms with E-state index in [1.165, 1.54) is 0 Å². The van der Waals surface area contributed by atoms with Crippen LogP contribution in [0, 0.1) is 0 Å². The van der Waals surface area contributed by atoms with Gasteiger partial charge in [-0.15, -0.1) is 0 Å². The molecule has 2 rings (SSSR count). The lowest BCUT2D eigenvalue weighted by molar-refractivity contribution is -0.139. The summed E-state index contributed by atoms with van der Waals surface area (Å²) < 4.78 is 0. The Bertz CT molecular complexity index is 270. The Balaban J connectivity index is 2.14. The van der Waals surface area contributed by atoms with Crippen LogP contribution in [0.4, 0.5) is 0 Å². The molecule has 0 aromatic carbocycles. The maximum Gasteiger partial charge on any atom is 0.343 e. The number of hydrogen-bond acceptors (Lipinski definition) is 3. The molecular weight excluding hydrogens is 156 g/mol. The van der Waals surface area contributed by atoms with Crippen LogP contribution in [0.15, 0.2) is 17.1 Å². The minimum Gasteiger partial charge on any atom is -0.479 e. The largest absolute Gasteiger partial charge is 0.479 e. The van der Waals surface area contributed by atoms with Gasteiger partial charge in [-0.3, -0.25) is 10.3 Å². The average molecular weight is 166 g/mol. The first-order valence-electron chi connectivity index (χ1n) is 3.98. The van der Waals surface area contributed by atoms with Crippen molar-refractivity contribution >= 4 is 11.7 Å². The number of carboxylic acid groups (broad SMARTS) is 1. The predicted octanol–water partition coefficient (Wildman–Crippen LogP) is 0.160. The van der Waals surface area contributed by atoms with Crippen molar-refractivity contribution in [3.8, 4) is 0 Å². The summed E-state index contributed by atoms with van der Waals surface area (Å²) in [5, 5.41) is 11.6. The van der Waals surface area contributed by atoms with Crippen LogP contribution < -0.4 is 5.32 Å². The zero-order chi connectivity index (χ0) is 8.55. The fourth-order valence-electron chi connectivity index (χ4n) is 1.54. The highest BCUT2D eigenvalue weighted by atomic mass is 16.4. The fraction of sp³-hybridized carbons (Fsp3) is 0.500. The topological polar surface area (TPSA) is 61.7 Å². The van der Waals surface area contributed by atoms with Crippen molar-refractivity contribution in [1.82, 2.24) is 5.32 Å². The predicted molar refractivity (Wildman–Crippen MR) is 44.2 cm³/mol. The van der Waals surface area contributed by atoms with Crippen molar-refractivity contribution in [3.05, 3.63) is 12.2 Å². The van der Waals surface area contributed by atoms with Gasteiger partial charge in [0.05, 0.1) is 6.04 Å². The Morgan fingerprint density at radius 1 is 1.67 bits per heavy atom. The second kappa shape index (κ2) is 2.71. The summed E-state index contributed by atoms with van der Waals surface area (Å²) in [5.74, 6) is -0.892. The number of carbonyl (C=O) groups is 1. The molecule has 0 saturated carbocycles. The number of nitrogens with one attached hydrogen (secondary N) is 1. The molecule has 4 heteroatoms. The minimum atomic E-state index is -0.892. The third-order valence-electron chi connectivity index (χ3n) is 2.16. The Labute approximate surface area is 70.0 Å². The Morgan fingerprint density at radius 2 is 2.50 bits per heavy atom. The minimum absolute atomic E-state index is 0.163. The van der Waals surface area contributed by atoms with Crippen molar-refractivity contribution in [3.63, 3.8) is 0 Å². The molecule has 0 spiro atoms. The van der Waals surface area contributed by atoms with Crippen LogP contribution in [-0.4, -0.2) is 29.0 Å². The molecule has 1 heterocycles. The van der Waals surface area contributed by atoms with Crippen LogP contribution in [0.1, 0.15) is 12.8 Å². The van der Waals surface area contributed by atoms with E-state index in [0.717, 1.165) is 18.6 Å². The molecule has 0 amide bonds. The van der Waals surface area contributed by atoms with Crippen LogP contribution in [0.2, 0.25) is 0 Å². The first kappa shape index (κ1) is 7.49. The van der Waals surface area contributed by atoms with Gasteiger partial charge in [-0.05, 0) is 6.42 Å². The van der Waals surface area contributed by atoms with Gasteiger partial charge in [0.2, 0.25) is 0 Å². The van der Waals surface area contributed by atoms with Gasteiger partial charge in [0.1, 0.15) is 0 Å². The summed E-state index contributed by atoms with van der Waals surface area (Å²) in [5.41, 5.74) is 0.977. The fourth-order valence-corrected chi connectivity index (χ4v) is 1.54. The first-order chi connectivity index (χ1) is 5.77. The zero-order valence-electron chi connectivity index (χ0n) is 6.53. The Kier molecular flexibility index (Phi) is 1.69. The van der Waals surface area contributed by atoms with E-state index < -0.39 is 12.1 Å². The van der Waals surface area contributed by atoms with E-state index in [1.807, 2.05) is 6.08 Å². The molecule has 64 valence electrons. The number of hydrogen-bond donors (Lipinski definition) is 2. The van der Waals surface area contributed by atoms with E-state index in [-0.39, 0.29) is 6.04 Å². The van der Waals surface area contributed by atoms with Crippen LogP contribution in [-0.2, 0) is 4.79 Å². The molecule has 0 bridgehead atoms. The van der Waals surface area contributed by atoms with Crippen LogP contribution in [0.25, 0.3) is 0 Å². The van der Waals surface area contributed by atoms with Crippen molar-refractivity contribution < 1.29 is 9.90 Å². The summed E-state index contributed by atoms with van der Waals surface area (Å²) in [6, 6.07) is 0.163. The molecule has 2 atom stereocenters. The van der Waals surface area contributed by atoms with Gasteiger partial charge in [-0.2, -0.15) is 0 Å². The molecule has 4 nitrogen and oxygen atoms in total. The molecular formula is C8H10N2O2. The number of aliphatic carboxylic acids is 1. The van der Waals surface area contributed by atoms with E-state index in [9.17, 15) is 4.79 Å². The van der Waals surface area contributed by atoms with Crippen molar-refractivity contribution in [2.75, 3.05) is 0 Å². The van der Waals surface area contributed by atoms with Gasteiger partial charge in [0.25, 0.3) is 0 Å². The van der Waals surface area contributed by atoms with Crippen molar-refractivity contribution in [1.29, 1.82) is 0 Å². The summed E-state index contributed by atoms with van der Waals surface area (Å²) in [7, 11) is 0. The Morgan fingerprint density at radius 3 is 3.17 bits per heavy atom. The molecule has 0 aromatic heterocycles. The van der Waals surface area contributed by atoms with E-state index in [2.05, 4.69) is 16.4 Å². The highest BCUT2D eigenvalue weighted by molar-refractivity contribution is 5.96. The van der Waals surface area contributed by atoms with Gasteiger partial charge in [0, 0.05) is 12.1 Å². The smallest absolute Gasteiger partial charge is 0.343 e. The second-order valence-electron chi connectivity index (χ2n) is 2.99. The molecule has 1 aliphatic heterocycles. The first-order valence-corrected chi connectivity index (χ1v) is 3.98. The number of aliphatic imine (C=N–C) groups is 1. The molecule has 1 aliphatic carbocycles. The second-order valence-corrected chi connectivity index (χ2v) is 2.99. The van der Waals surface area contributed by atoms with Crippen LogP contribution >= 0.6 is 0 Å². The summed E-state index contributed by atoms with van der Waals surface area (Å²) in [6.07, 6.45) is 5.02. The quantitative estimate of drug-likeness (QED) is 0.545. The molecule has 0 fully saturated rings. The third kappa shape index (κ3) is 1.14. The van der Waals surface area contributed by atoms with E-state index in [4.69, 9.17) is 5.11 Å². The van der Waals surface area contributed by atoms with Gasteiger partial charge in [-0.1, -0.05) is 12.2 Å². The van der Waals surface area contributed by atoms with E-state index >= 15 is 0 Å². The van der Waals surface area contributed by atoms with E-state index in [0.29, 0.717) is 0 Å². The summed E-state index contributed by atoms with van der Waals surface area (Å²) in [6.45, 7) is 0. The van der Waals surface area contributed by atoms with Crippen LogP contribution in [0.5, 0.6) is 0 Å². The molecule has 2 aliphatic rings. The number of allylic oxidation sites excluding steroid dienone is 1. The lowest BCUT2D eigenvalue weighted by Gasteiger charge is -2.14. The molecule has 0 aromatic rings. The number of carboxylic acids is 1. The molecule has 12 heavy (non-hydrogen) atoms. The third-order valence-corrected chi connectivity index (χ3v) is 2.16. The molecule has 2 unspecified atom stereocenters. The monoisotopic (exact) mass is 166 g/mol. The molecule has 0 radical (unpaired) electrons. The van der Waals surface area contributed by atoms with Gasteiger partial charge >= 0.3 is 5.97 Å². The maximum atomic E-state index is 10.6. The lowest BCUT2D eigenvalue weighted by Crippen LogP contribution is -2.38. The normalized spacial score (nSPS) is 32.8. The van der Waals surface area contributed by atoms with Crippen molar-refractivity contribution in [2.45, 2.75) is 25.0 Å². The van der Waals surface area contributed by atoms with Gasteiger partial charge in [0.15, 0.2) is 6.17 Å². The van der Waals surface area contributed by atoms with Gasteiger partial charge < -0.3 is 5.11 Å². The van der Waals surface area contributed by atoms with Crippen molar-refractivity contribution in [2.24, 2.45) is 4.99 Å². The highest BCUT2D eigenvalue weighted by Crippen LogP contribution is 2.15. The number of rotatable bonds is 1. The number of nitrogens with zero attached hydrogens (tertiary/aromatic N) is 1. The standard InChI is InChI=1S/C8H10N2O2/c11-8(12)7-9-5-3-1-2-4-6(5)10-7/h1-2,5,7,9H,3-4H2,(H,11,12). The summed E-state index contributed by atoms with van der Waals surface area (Å²) in [4.78, 5) is 14.6. The number of fused-ring (bicyclic) bond motifs is 1. The van der Waals surface area contributed by atoms with Crippen LogP contribution in [0.3, 0.4) is 0 Å². The molecule has 2 N–H and O–H groups in total. The summed E-state index contributed by atoms with van der Waals surface area (Å²) >= 11 is 0. The SMILES string of the molecule is O=C(O)C1N=C2CC=CCC2N1. The molecule has 0 saturated heterocycles. The Hall–Kier alpha value is -1.16. The maximum absolute atomic E-state index is 10.6. The zero-order valence-corrected chi connectivity index (χ0v) is 6.53. The lowest BCUT2D eigenvalue weighted by atomic mass is 10.0. The average Bonchev–Trinajstić information content (AvgIpc) is 2.46. The van der Waals surface area contributed by atoms with E-state index in [1.54, 1.807) is 0 Å².